The largest absolute Gasteiger partial charge is 0.393 e. The summed E-state index contributed by atoms with van der Waals surface area (Å²) in [6.45, 7) is 2.56. The van der Waals surface area contributed by atoms with E-state index in [2.05, 4.69) is 0 Å². The van der Waals surface area contributed by atoms with Crippen LogP contribution in [0.25, 0.3) is 0 Å². The summed E-state index contributed by atoms with van der Waals surface area (Å²) in [6.07, 6.45) is 2.47. The van der Waals surface area contributed by atoms with Gasteiger partial charge in [0, 0.05) is 18.8 Å². The fourth-order valence-electron chi connectivity index (χ4n) is 3.13. The van der Waals surface area contributed by atoms with Crippen LogP contribution in [0.3, 0.4) is 0 Å². The first kappa shape index (κ1) is 13.2. The third-order valence-corrected chi connectivity index (χ3v) is 4.09. The third-order valence-electron chi connectivity index (χ3n) is 4.09. The molecule has 0 aromatic carbocycles. The highest BCUT2D eigenvalue weighted by molar-refractivity contribution is 4.83. The molecule has 1 heterocycles. The summed E-state index contributed by atoms with van der Waals surface area (Å²) in [6, 6.07) is 0. The smallest absolute Gasteiger partial charge is 0.248 e. The van der Waals surface area contributed by atoms with Crippen LogP contribution >= 0.6 is 0 Å². The minimum Gasteiger partial charge on any atom is -0.393 e. The Morgan fingerprint density at radius 1 is 1.47 bits per heavy atom. The number of aliphatic hydroxyl groups is 1. The van der Waals surface area contributed by atoms with Gasteiger partial charge in [0.15, 0.2) is 0 Å². The van der Waals surface area contributed by atoms with Crippen molar-refractivity contribution in [3.63, 3.8) is 0 Å². The standard InChI is InChI=1S/C13H22F2O2/c1-9-5-11(8-17-9)12(16)6-10-3-2-4-13(14,15)7-10/h9-12,16H,2-8H2,1H3. The number of hydrogen-bond donors (Lipinski definition) is 1. The van der Waals surface area contributed by atoms with Crippen LogP contribution in [0, 0.1) is 11.8 Å². The normalized spacial score (nSPS) is 39.2. The predicted molar refractivity (Wildman–Crippen MR) is 61.0 cm³/mol. The first-order valence-corrected chi connectivity index (χ1v) is 6.64. The van der Waals surface area contributed by atoms with Gasteiger partial charge in [-0.2, -0.15) is 0 Å². The van der Waals surface area contributed by atoms with Crippen molar-refractivity contribution in [3.05, 3.63) is 0 Å². The van der Waals surface area contributed by atoms with Crippen molar-refractivity contribution in [1.82, 2.24) is 0 Å². The van der Waals surface area contributed by atoms with Crippen LogP contribution in [0.4, 0.5) is 8.78 Å². The Morgan fingerprint density at radius 2 is 2.24 bits per heavy atom. The maximum absolute atomic E-state index is 13.2. The van der Waals surface area contributed by atoms with Crippen LogP contribution in [0.15, 0.2) is 0 Å². The van der Waals surface area contributed by atoms with Gasteiger partial charge in [-0.25, -0.2) is 8.78 Å². The Kier molecular flexibility index (Phi) is 4.03. The molecule has 2 rings (SSSR count). The average Bonchev–Trinajstić information content (AvgIpc) is 2.63. The van der Waals surface area contributed by atoms with Crippen molar-refractivity contribution < 1.29 is 18.6 Å². The number of aliphatic hydroxyl groups excluding tert-OH is 1. The van der Waals surface area contributed by atoms with Crippen LogP contribution in [0.2, 0.25) is 0 Å². The lowest BCUT2D eigenvalue weighted by atomic mass is 9.81. The summed E-state index contributed by atoms with van der Waals surface area (Å²) in [4.78, 5) is 0. The zero-order valence-corrected chi connectivity index (χ0v) is 10.4. The molecule has 0 aromatic heterocycles. The molecule has 0 amide bonds. The Bertz CT molecular complexity index is 258. The molecule has 2 nitrogen and oxygen atoms in total. The van der Waals surface area contributed by atoms with E-state index in [0.29, 0.717) is 19.4 Å². The molecule has 1 saturated carbocycles. The van der Waals surface area contributed by atoms with Gasteiger partial charge < -0.3 is 9.84 Å². The Labute approximate surface area is 101 Å². The summed E-state index contributed by atoms with van der Waals surface area (Å²) < 4.78 is 31.9. The second-order valence-electron chi connectivity index (χ2n) is 5.76. The van der Waals surface area contributed by atoms with E-state index in [1.54, 1.807) is 0 Å². The molecule has 0 bridgehead atoms. The van der Waals surface area contributed by atoms with Crippen LogP contribution in [-0.4, -0.2) is 29.8 Å². The molecule has 0 spiro atoms. The topological polar surface area (TPSA) is 29.5 Å². The van der Waals surface area contributed by atoms with Gasteiger partial charge in [0.25, 0.3) is 0 Å². The number of rotatable bonds is 3. The van der Waals surface area contributed by atoms with E-state index >= 15 is 0 Å². The zero-order chi connectivity index (χ0) is 12.5. The second kappa shape index (κ2) is 5.19. The molecule has 1 N–H and O–H groups in total. The third kappa shape index (κ3) is 3.62. The molecule has 4 atom stereocenters. The lowest BCUT2D eigenvalue weighted by Crippen LogP contribution is -2.31. The number of halogens is 2. The van der Waals surface area contributed by atoms with E-state index in [0.717, 1.165) is 12.8 Å². The van der Waals surface area contributed by atoms with Crippen molar-refractivity contribution in [2.45, 2.75) is 63.6 Å². The lowest BCUT2D eigenvalue weighted by Gasteiger charge is -2.31. The maximum Gasteiger partial charge on any atom is 0.248 e. The number of ether oxygens (including phenoxy) is 1. The molecular weight excluding hydrogens is 226 g/mol. The average molecular weight is 248 g/mol. The Balaban J connectivity index is 1.80. The van der Waals surface area contributed by atoms with Gasteiger partial charge in [-0.1, -0.05) is 0 Å². The van der Waals surface area contributed by atoms with Gasteiger partial charge in [-0.15, -0.1) is 0 Å². The maximum atomic E-state index is 13.2. The first-order chi connectivity index (χ1) is 7.96. The fourth-order valence-corrected chi connectivity index (χ4v) is 3.13. The molecule has 1 saturated heterocycles. The van der Waals surface area contributed by atoms with Crippen molar-refractivity contribution in [3.8, 4) is 0 Å². The molecule has 0 radical (unpaired) electrons. The van der Waals surface area contributed by atoms with Gasteiger partial charge in [0.2, 0.25) is 5.92 Å². The van der Waals surface area contributed by atoms with E-state index in [-0.39, 0.29) is 30.8 Å². The van der Waals surface area contributed by atoms with Crippen molar-refractivity contribution in [2.75, 3.05) is 6.61 Å². The molecule has 2 aliphatic rings. The van der Waals surface area contributed by atoms with E-state index in [1.807, 2.05) is 6.92 Å². The van der Waals surface area contributed by atoms with Gasteiger partial charge >= 0.3 is 0 Å². The molecule has 0 aromatic rings. The zero-order valence-electron chi connectivity index (χ0n) is 10.4. The summed E-state index contributed by atoms with van der Waals surface area (Å²) in [5.74, 6) is -2.40. The molecule has 17 heavy (non-hydrogen) atoms. The van der Waals surface area contributed by atoms with Crippen molar-refractivity contribution >= 4 is 0 Å². The molecule has 2 fully saturated rings. The van der Waals surface area contributed by atoms with Gasteiger partial charge in [-0.05, 0) is 38.5 Å². The van der Waals surface area contributed by atoms with Crippen LogP contribution in [0.1, 0.15) is 45.4 Å². The second-order valence-corrected chi connectivity index (χ2v) is 5.76. The Hall–Kier alpha value is -0.220. The molecule has 1 aliphatic heterocycles. The quantitative estimate of drug-likeness (QED) is 0.832. The van der Waals surface area contributed by atoms with Gasteiger partial charge in [-0.3, -0.25) is 0 Å². The van der Waals surface area contributed by atoms with Crippen molar-refractivity contribution in [1.29, 1.82) is 0 Å². The van der Waals surface area contributed by atoms with Crippen LogP contribution in [-0.2, 0) is 4.74 Å². The van der Waals surface area contributed by atoms with Gasteiger partial charge in [0.1, 0.15) is 0 Å². The van der Waals surface area contributed by atoms with E-state index < -0.39 is 12.0 Å². The van der Waals surface area contributed by atoms with E-state index in [4.69, 9.17) is 4.74 Å². The predicted octanol–water partition coefficient (Wildman–Crippen LogP) is 2.99. The molecule has 4 unspecified atom stereocenters. The van der Waals surface area contributed by atoms with Gasteiger partial charge in [0.05, 0.1) is 18.8 Å². The number of hydrogen-bond acceptors (Lipinski definition) is 2. The summed E-state index contributed by atoms with van der Waals surface area (Å²) in [5, 5.41) is 10.1. The first-order valence-electron chi connectivity index (χ1n) is 6.64. The minimum atomic E-state index is -2.51. The molecule has 100 valence electrons. The molecule has 1 aliphatic carbocycles. The summed E-state index contributed by atoms with van der Waals surface area (Å²) in [5.41, 5.74) is 0. The minimum absolute atomic E-state index is 0.0170. The number of alkyl halides is 2. The summed E-state index contributed by atoms with van der Waals surface area (Å²) in [7, 11) is 0. The highest BCUT2D eigenvalue weighted by Gasteiger charge is 2.38. The highest BCUT2D eigenvalue weighted by atomic mass is 19.3. The van der Waals surface area contributed by atoms with E-state index in [9.17, 15) is 13.9 Å². The van der Waals surface area contributed by atoms with Crippen LogP contribution < -0.4 is 0 Å². The van der Waals surface area contributed by atoms with E-state index in [1.165, 1.54) is 0 Å². The summed E-state index contributed by atoms with van der Waals surface area (Å²) >= 11 is 0. The Morgan fingerprint density at radius 3 is 2.82 bits per heavy atom. The fraction of sp³-hybridized carbons (Fsp3) is 1.00. The van der Waals surface area contributed by atoms with Crippen LogP contribution in [0.5, 0.6) is 0 Å². The SMILES string of the molecule is CC1CC(C(O)CC2CCCC(F)(F)C2)CO1. The molecular formula is C13H22F2O2. The van der Waals surface area contributed by atoms with Crippen molar-refractivity contribution in [2.24, 2.45) is 11.8 Å². The lowest BCUT2D eigenvalue weighted by molar-refractivity contribution is -0.0617. The molecule has 4 heteroatoms. The highest BCUT2D eigenvalue weighted by Crippen LogP contribution is 2.39. The monoisotopic (exact) mass is 248 g/mol.